The van der Waals surface area contributed by atoms with E-state index in [1.54, 1.807) is 29.3 Å². The summed E-state index contributed by atoms with van der Waals surface area (Å²) in [6.07, 6.45) is 1.96. The van der Waals surface area contributed by atoms with Crippen molar-refractivity contribution in [2.75, 3.05) is 7.11 Å². The maximum Gasteiger partial charge on any atom is 0.163 e. The second kappa shape index (κ2) is 5.54. The van der Waals surface area contributed by atoms with Crippen LogP contribution >= 0.6 is 11.3 Å². The third-order valence-electron chi connectivity index (χ3n) is 2.92. The number of nitrogens with zero attached hydrogens (tertiary/aromatic N) is 2. The van der Waals surface area contributed by atoms with E-state index in [9.17, 15) is 5.11 Å². The number of hydrogen-bond acceptors (Lipinski definition) is 4. The predicted octanol–water partition coefficient (Wildman–Crippen LogP) is 2.62. The summed E-state index contributed by atoms with van der Waals surface area (Å²) < 4.78 is 7.04. The highest BCUT2D eigenvalue weighted by molar-refractivity contribution is 7.12. The van der Waals surface area contributed by atoms with Crippen molar-refractivity contribution < 1.29 is 9.84 Å². The second-order valence-corrected chi connectivity index (χ2v) is 5.17. The average molecular weight is 266 g/mol. The van der Waals surface area contributed by atoms with Crippen molar-refractivity contribution >= 4 is 11.3 Å². The number of ether oxygens (including phenoxy) is 1. The molecule has 1 unspecified atom stereocenters. The Labute approximate surface area is 111 Å². The van der Waals surface area contributed by atoms with Gasteiger partial charge in [-0.15, -0.1) is 11.3 Å². The molecule has 98 valence electrons. The van der Waals surface area contributed by atoms with Crippen LogP contribution in [0.15, 0.2) is 18.3 Å². The molecule has 0 amide bonds. The monoisotopic (exact) mass is 266 g/mol. The van der Waals surface area contributed by atoms with Crippen molar-refractivity contribution in [2.24, 2.45) is 0 Å². The summed E-state index contributed by atoms with van der Waals surface area (Å²) in [6, 6.07) is 4.03. The quantitative estimate of drug-likeness (QED) is 0.905. The molecule has 5 heteroatoms. The molecule has 18 heavy (non-hydrogen) atoms. The van der Waals surface area contributed by atoms with Gasteiger partial charge in [0.15, 0.2) is 5.75 Å². The maximum absolute atomic E-state index is 10.5. The average Bonchev–Trinajstić information content (AvgIpc) is 3.03. The maximum atomic E-state index is 10.5. The van der Waals surface area contributed by atoms with Crippen molar-refractivity contribution in [1.29, 1.82) is 0 Å². The first kappa shape index (κ1) is 13.1. The van der Waals surface area contributed by atoms with Crippen molar-refractivity contribution in [3.63, 3.8) is 0 Å². The van der Waals surface area contributed by atoms with Gasteiger partial charge in [0, 0.05) is 16.3 Å². The topological polar surface area (TPSA) is 47.3 Å². The van der Waals surface area contributed by atoms with Crippen LogP contribution in [0, 0.1) is 0 Å². The molecule has 0 bridgehead atoms. The van der Waals surface area contributed by atoms with E-state index in [1.807, 2.05) is 13.0 Å². The van der Waals surface area contributed by atoms with Gasteiger partial charge >= 0.3 is 0 Å². The lowest BCUT2D eigenvalue weighted by Gasteiger charge is -2.12. The summed E-state index contributed by atoms with van der Waals surface area (Å²) in [5.74, 6) is 0.635. The lowest BCUT2D eigenvalue weighted by Crippen LogP contribution is -2.09. The number of rotatable bonds is 5. The Balaban J connectivity index is 2.37. The zero-order chi connectivity index (χ0) is 13.1. The van der Waals surface area contributed by atoms with Crippen LogP contribution in [-0.2, 0) is 13.0 Å². The summed E-state index contributed by atoms with van der Waals surface area (Å²) in [6.45, 7) is 4.81. The van der Waals surface area contributed by atoms with Gasteiger partial charge in [-0.05, 0) is 25.5 Å². The second-order valence-electron chi connectivity index (χ2n) is 3.97. The smallest absolute Gasteiger partial charge is 0.163 e. The molecule has 2 aromatic rings. The van der Waals surface area contributed by atoms with Gasteiger partial charge in [0.25, 0.3) is 0 Å². The number of aromatic nitrogens is 2. The molecular weight excluding hydrogens is 248 g/mol. The van der Waals surface area contributed by atoms with Gasteiger partial charge in [-0.2, -0.15) is 5.10 Å². The van der Waals surface area contributed by atoms with E-state index in [4.69, 9.17) is 4.74 Å². The predicted molar refractivity (Wildman–Crippen MR) is 72.2 cm³/mol. The van der Waals surface area contributed by atoms with E-state index in [1.165, 1.54) is 4.88 Å². The Morgan fingerprint density at radius 1 is 1.44 bits per heavy atom. The van der Waals surface area contributed by atoms with Gasteiger partial charge in [-0.3, -0.25) is 4.68 Å². The number of aliphatic hydroxyl groups excluding tert-OH is 1. The van der Waals surface area contributed by atoms with Crippen molar-refractivity contribution in [2.45, 2.75) is 32.9 Å². The summed E-state index contributed by atoms with van der Waals surface area (Å²) in [5.41, 5.74) is 0.726. The molecule has 0 aromatic carbocycles. The highest BCUT2D eigenvalue weighted by atomic mass is 32.1. The standard InChI is InChI=1S/C13H18N2O2S/c1-4-9-6-7-11(18-9)13(16)12-10(17-3)8-14-15(12)5-2/h6-8,13,16H,4-5H2,1-3H3. The van der Waals surface area contributed by atoms with E-state index in [-0.39, 0.29) is 0 Å². The van der Waals surface area contributed by atoms with Crippen molar-refractivity contribution in [3.05, 3.63) is 33.8 Å². The highest BCUT2D eigenvalue weighted by Crippen LogP contribution is 2.33. The van der Waals surface area contributed by atoms with E-state index >= 15 is 0 Å². The van der Waals surface area contributed by atoms with Gasteiger partial charge in [-0.1, -0.05) is 6.92 Å². The first-order valence-electron chi connectivity index (χ1n) is 6.07. The van der Waals surface area contributed by atoms with E-state index in [0.717, 1.165) is 17.0 Å². The van der Waals surface area contributed by atoms with Crippen LogP contribution in [0.5, 0.6) is 5.75 Å². The number of hydrogen-bond donors (Lipinski definition) is 1. The molecule has 2 heterocycles. The molecule has 0 radical (unpaired) electrons. The molecular formula is C13H18N2O2S. The van der Waals surface area contributed by atoms with Crippen molar-refractivity contribution in [3.8, 4) is 5.75 Å². The number of thiophene rings is 1. The summed E-state index contributed by atoms with van der Waals surface area (Å²) >= 11 is 1.63. The molecule has 0 spiro atoms. The Morgan fingerprint density at radius 3 is 2.78 bits per heavy atom. The van der Waals surface area contributed by atoms with Crippen LogP contribution in [0.25, 0.3) is 0 Å². The van der Waals surface area contributed by atoms with Crippen LogP contribution < -0.4 is 4.74 Å². The molecule has 0 fully saturated rings. The Bertz CT molecular complexity index is 497. The lowest BCUT2D eigenvalue weighted by molar-refractivity contribution is 0.206. The molecule has 0 aliphatic carbocycles. The van der Waals surface area contributed by atoms with Crippen LogP contribution in [0.4, 0.5) is 0 Å². The molecule has 0 aliphatic rings. The largest absolute Gasteiger partial charge is 0.493 e. The van der Waals surface area contributed by atoms with E-state index < -0.39 is 6.10 Å². The minimum absolute atomic E-state index is 0.635. The Kier molecular flexibility index (Phi) is 4.04. The summed E-state index contributed by atoms with van der Waals surface area (Å²) in [5, 5.41) is 14.7. The Hall–Kier alpha value is -1.33. The normalized spacial score (nSPS) is 12.7. The molecule has 0 saturated carbocycles. The summed E-state index contributed by atoms with van der Waals surface area (Å²) in [4.78, 5) is 2.20. The fourth-order valence-corrected chi connectivity index (χ4v) is 2.87. The van der Waals surface area contributed by atoms with Crippen LogP contribution in [0.2, 0.25) is 0 Å². The van der Waals surface area contributed by atoms with Gasteiger partial charge in [0.05, 0.1) is 13.3 Å². The molecule has 2 aromatic heterocycles. The highest BCUT2D eigenvalue weighted by Gasteiger charge is 2.22. The van der Waals surface area contributed by atoms with E-state index in [0.29, 0.717) is 12.3 Å². The fraction of sp³-hybridized carbons (Fsp3) is 0.462. The minimum atomic E-state index is -0.673. The first-order chi connectivity index (χ1) is 8.71. The zero-order valence-corrected chi connectivity index (χ0v) is 11.7. The van der Waals surface area contributed by atoms with Crippen LogP contribution in [0.3, 0.4) is 0 Å². The van der Waals surface area contributed by atoms with Gasteiger partial charge < -0.3 is 9.84 Å². The third-order valence-corrected chi connectivity index (χ3v) is 4.21. The molecule has 2 rings (SSSR count). The molecule has 0 saturated heterocycles. The third kappa shape index (κ3) is 2.28. The van der Waals surface area contributed by atoms with Gasteiger partial charge in [-0.25, -0.2) is 0 Å². The minimum Gasteiger partial charge on any atom is -0.493 e. The number of aliphatic hydroxyl groups is 1. The molecule has 0 aliphatic heterocycles. The van der Waals surface area contributed by atoms with E-state index in [2.05, 4.69) is 18.1 Å². The van der Waals surface area contributed by atoms with Crippen LogP contribution in [0.1, 0.15) is 35.4 Å². The Morgan fingerprint density at radius 2 is 2.22 bits per heavy atom. The SMILES string of the molecule is CCc1ccc(C(O)c2c(OC)cnn2CC)s1. The summed E-state index contributed by atoms with van der Waals surface area (Å²) in [7, 11) is 1.60. The lowest BCUT2D eigenvalue weighted by atomic mass is 10.2. The molecule has 1 N–H and O–H groups in total. The first-order valence-corrected chi connectivity index (χ1v) is 6.89. The molecule has 1 atom stereocenters. The fourth-order valence-electron chi connectivity index (χ4n) is 1.93. The van der Waals surface area contributed by atoms with Gasteiger partial charge in [0.1, 0.15) is 11.8 Å². The van der Waals surface area contributed by atoms with Crippen molar-refractivity contribution in [1.82, 2.24) is 9.78 Å². The number of methoxy groups -OCH3 is 1. The number of aryl methyl sites for hydroxylation is 2. The van der Waals surface area contributed by atoms with Gasteiger partial charge in [0.2, 0.25) is 0 Å². The zero-order valence-electron chi connectivity index (χ0n) is 10.9. The molecule has 4 nitrogen and oxygen atoms in total. The van der Waals surface area contributed by atoms with Crippen LogP contribution in [-0.4, -0.2) is 22.0 Å².